The number of carbonyl (C=O) groups is 2. The first-order valence-corrected chi connectivity index (χ1v) is 9.19. The summed E-state index contributed by atoms with van der Waals surface area (Å²) in [5.41, 5.74) is -0.382. The van der Waals surface area contributed by atoms with Gasteiger partial charge in [-0.15, -0.1) is 11.3 Å². The van der Waals surface area contributed by atoms with E-state index in [2.05, 4.69) is 10.3 Å². The van der Waals surface area contributed by atoms with Gasteiger partial charge in [-0.3, -0.25) is 10.2 Å². The fourth-order valence-corrected chi connectivity index (χ4v) is 2.74. The first-order chi connectivity index (χ1) is 12.4. The molecule has 0 fully saturated rings. The van der Waals surface area contributed by atoms with Crippen LogP contribution in [0.3, 0.4) is 0 Å². The second kappa shape index (κ2) is 8.66. The van der Waals surface area contributed by atoms with Gasteiger partial charge in [-0.1, -0.05) is 0 Å². The van der Waals surface area contributed by atoms with Crippen molar-refractivity contribution in [3.05, 3.63) is 35.8 Å². The number of amides is 2. The van der Waals surface area contributed by atoms with Crippen molar-refractivity contribution < 1.29 is 19.1 Å². The predicted octanol–water partition coefficient (Wildman–Crippen LogP) is 3.92. The van der Waals surface area contributed by atoms with Gasteiger partial charge >= 0.3 is 12.0 Å². The Morgan fingerprint density at radius 3 is 2.46 bits per heavy atom. The molecule has 0 bridgehead atoms. The van der Waals surface area contributed by atoms with Gasteiger partial charge in [-0.05, 0) is 52.0 Å². The van der Waals surface area contributed by atoms with Gasteiger partial charge in [0.05, 0.1) is 6.61 Å². The van der Waals surface area contributed by atoms with Crippen LogP contribution in [0.5, 0.6) is 5.75 Å². The summed E-state index contributed by atoms with van der Waals surface area (Å²) in [7, 11) is 0. The summed E-state index contributed by atoms with van der Waals surface area (Å²) in [6.07, 6.45) is 1.63. The molecule has 0 saturated carbocycles. The summed E-state index contributed by atoms with van der Waals surface area (Å²) in [5.74, 6) is 0.0882. The third-order valence-corrected chi connectivity index (χ3v) is 4.18. The van der Waals surface area contributed by atoms with Gasteiger partial charge in [0, 0.05) is 23.8 Å². The fourth-order valence-electron chi connectivity index (χ4n) is 2.22. The summed E-state index contributed by atoms with van der Waals surface area (Å²) in [4.78, 5) is 30.0. The molecule has 0 radical (unpaired) electrons. The third kappa shape index (κ3) is 4.95. The number of anilines is 2. The lowest BCUT2D eigenvalue weighted by Gasteiger charge is -2.25. The van der Waals surface area contributed by atoms with Gasteiger partial charge < -0.3 is 9.47 Å². The highest BCUT2D eigenvalue weighted by atomic mass is 32.1. The van der Waals surface area contributed by atoms with Crippen LogP contribution in [0.15, 0.2) is 35.8 Å². The fraction of sp³-hybridized carbons (Fsp3) is 0.389. The second-order valence-corrected chi connectivity index (χ2v) is 6.73. The Bertz CT molecular complexity index is 729. The lowest BCUT2D eigenvalue weighted by molar-refractivity contribution is -0.158. The van der Waals surface area contributed by atoms with Gasteiger partial charge in [0.2, 0.25) is 0 Å². The highest BCUT2D eigenvalue weighted by Crippen LogP contribution is 2.24. The molecule has 2 amide bonds. The summed E-state index contributed by atoms with van der Waals surface area (Å²) < 4.78 is 10.7. The van der Waals surface area contributed by atoms with Crippen LogP contribution in [-0.4, -0.2) is 35.7 Å². The molecule has 26 heavy (non-hydrogen) atoms. The maximum Gasteiger partial charge on any atom is 0.349 e. The normalized spacial score (nSPS) is 10.9. The molecule has 140 valence electrons. The van der Waals surface area contributed by atoms with Crippen molar-refractivity contribution in [1.29, 1.82) is 0 Å². The number of ether oxygens (including phenoxy) is 2. The van der Waals surface area contributed by atoms with Crippen LogP contribution >= 0.6 is 11.3 Å². The van der Waals surface area contributed by atoms with Crippen molar-refractivity contribution in [3.8, 4) is 5.75 Å². The highest BCUT2D eigenvalue weighted by molar-refractivity contribution is 7.13. The molecular weight excluding hydrogens is 354 g/mol. The van der Waals surface area contributed by atoms with Crippen LogP contribution in [0.4, 0.5) is 15.6 Å². The summed E-state index contributed by atoms with van der Waals surface area (Å²) in [6, 6.07) is 6.71. The second-order valence-electron chi connectivity index (χ2n) is 5.84. The lowest BCUT2D eigenvalue weighted by Crippen LogP contribution is -2.39. The molecule has 0 aliphatic heterocycles. The Balaban J connectivity index is 2.07. The largest absolute Gasteiger partial charge is 0.476 e. The molecule has 2 aromatic rings. The zero-order valence-corrected chi connectivity index (χ0v) is 16.1. The molecule has 0 atom stereocenters. The summed E-state index contributed by atoms with van der Waals surface area (Å²) >= 11 is 1.36. The zero-order chi connectivity index (χ0) is 19.2. The molecule has 1 N–H and O–H groups in total. The van der Waals surface area contributed by atoms with E-state index in [0.717, 1.165) is 0 Å². The summed E-state index contributed by atoms with van der Waals surface area (Å²) in [5, 5.41) is 5.10. The van der Waals surface area contributed by atoms with Crippen LogP contribution in [0, 0.1) is 0 Å². The average molecular weight is 377 g/mol. The van der Waals surface area contributed by atoms with Crippen molar-refractivity contribution in [2.45, 2.75) is 33.3 Å². The lowest BCUT2D eigenvalue weighted by atomic mass is 10.1. The van der Waals surface area contributed by atoms with E-state index in [1.165, 1.54) is 11.3 Å². The van der Waals surface area contributed by atoms with Crippen LogP contribution < -0.4 is 15.0 Å². The molecule has 0 unspecified atom stereocenters. The van der Waals surface area contributed by atoms with E-state index in [1.807, 2.05) is 6.92 Å². The molecule has 0 spiro atoms. The van der Waals surface area contributed by atoms with Crippen molar-refractivity contribution in [2.75, 3.05) is 23.4 Å². The van der Waals surface area contributed by atoms with E-state index in [0.29, 0.717) is 29.7 Å². The number of benzene rings is 1. The number of carbonyl (C=O) groups excluding carboxylic acids is 2. The Hall–Kier alpha value is -2.61. The van der Waals surface area contributed by atoms with E-state index in [1.54, 1.807) is 61.5 Å². The Morgan fingerprint density at radius 1 is 1.23 bits per heavy atom. The molecule has 1 aromatic carbocycles. The van der Waals surface area contributed by atoms with Crippen LogP contribution in [-0.2, 0) is 9.53 Å². The monoisotopic (exact) mass is 377 g/mol. The molecule has 2 rings (SSSR count). The molecule has 1 heterocycles. The number of thiazole rings is 1. The smallest absolute Gasteiger partial charge is 0.349 e. The number of hydrogen-bond acceptors (Lipinski definition) is 6. The zero-order valence-electron chi connectivity index (χ0n) is 15.3. The van der Waals surface area contributed by atoms with Crippen LogP contribution in [0.1, 0.15) is 27.7 Å². The van der Waals surface area contributed by atoms with Gasteiger partial charge in [0.15, 0.2) is 10.7 Å². The first-order valence-electron chi connectivity index (χ1n) is 8.31. The van der Waals surface area contributed by atoms with E-state index in [-0.39, 0.29) is 6.03 Å². The maximum atomic E-state index is 12.4. The van der Waals surface area contributed by atoms with Crippen molar-refractivity contribution in [3.63, 3.8) is 0 Å². The minimum Gasteiger partial charge on any atom is -0.476 e. The molecule has 7 nitrogen and oxygen atoms in total. The molecular formula is C18H23N3O4S. The predicted molar refractivity (Wildman–Crippen MR) is 102 cm³/mol. The number of aromatic nitrogens is 1. The van der Waals surface area contributed by atoms with E-state index < -0.39 is 11.6 Å². The number of nitrogens with one attached hydrogen (secondary N) is 1. The molecule has 0 aliphatic rings. The van der Waals surface area contributed by atoms with E-state index in [9.17, 15) is 9.59 Å². The third-order valence-electron chi connectivity index (χ3n) is 3.50. The Kier molecular flexibility index (Phi) is 6.57. The van der Waals surface area contributed by atoms with Gasteiger partial charge in [0.25, 0.3) is 0 Å². The number of hydrogen-bond donors (Lipinski definition) is 1. The number of urea groups is 1. The maximum absolute atomic E-state index is 12.4. The van der Waals surface area contributed by atoms with Crippen molar-refractivity contribution in [2.24, 2.45) is 0 Å². The quantitative estimate of drug-likeness (QED) is 0.740. The SMILES string of the molecule is CCOC(=O)C(C)(C)Oc1ccc(N(CC)C(=O)Nc2nccs2)cc1. The topological polar surface area (TPSA) is 80.8 Å². The minimum atomic E-state index is -1.09. The average Bonchev–Trinajstić information content (AvgIpc) is 3.10. The summed E-state index contributed by atoms with van der Waals surface area (Å²) in [6.45, 7) is 7.72. The Labute approximate surface area is 156 Å². The van der Waals surface area contributed by atoms with Crippen molar-refractivity contribution in [1.82, 2.24) is 4.98 Å². The molecule has 1 aromatic heterocycles. The highest BCUT2D eigenvalue weighted by Gasteiger charge is 2.31. The molecule has 0 aliphatic carbocycles. The van der Waals surface area contributed by atoms with Gasteiger partial charge in [-0.2, -0.15) is 0 Å². The molecule has 0 saturated heterocycles. The minimum absolute atomic E-state index is 0.261. The van der Waals surface area contributed by atoms with Gasteiger partial charge in [-0.25, -0.2) is 14.6 Å². The standard InChI is InChI=1S/C18H23N3O4S/c1-5-21(17(23)20-16-19-11-12-26-16)13-7-9-14(10-8-13)25-18(3,4)15(22)24-6-2/h7-12H,5-6H2,1-4H3,(H,19,20,23). The van der Waals surface area contributed by atoms with Crippen molar-refractivity contribution >= 4 is 34.2 Å². The number of esters is 1. The van der Waals surface area contributed by atoms with E-state index >= 15 is 0 Å². The first kappa shape index (κ1) is 19.7. The van der Waals surface area contributed by atoms with Gasteiger partial charge in [0.1, 0.15) is 5.75 Å². The number of nitrogens with zero attached hydrogens (tertiary/aromatic N) is 2. The Morgan fingerprint density at radius 2 is 1.92 bits per heavy atom. The number of rotatable bonds is 7. The molecule has 8 heteroatoms. The van der Waals surface area contributed by atoms with Crippen LogP contribution in [0.2, 0.25) is 0 Å². The van der Waals surface area contributed by atoms with Crippen LogP contribution in [0.25, 0.3) is 0 Å². The van der Waals surface area contributed by atoms with E-state index in [4.69, 9.17) is 9.47 Å².